The van der Waals surface area contributed by atoms with Gasteiger partial charge in [0.25, 0.3) is 0 Å². The average Bonchev–Trinajstić information content (AvgIpc) is 2.26. The Labute approximate surface area is 96.7 Å². The summed E-state index contributed by atoms with van der Waals surface area (Å²) in [5.74, 6) is 0.234. The van der Waals surface area contributed by atoms with Gasteiger partial charge in [-0.15, -0.1) is 0 Å². The van der Waals surface area contributed by atoms with Crippen molar-refractivity contribution in [1.29, 1.82) is 0 Å². The fourth-order valence-electron chi connectivity index (χ4n) is 2.10. The van der Waals surface area contributed by atoms with E-state index in [2.05, 4.69) is 10.2 Å². The maximum atomic E-state index is 12.2. The second kappa shape index (κ2) is 5.12. The van der Waals surface area contributed by atoms with Gasteiger partial charge in [-0.2, -0.15) is 0 Å². The van der Waals surface area contributed by atoms with E-state index in [0.29, 0.717) is 19.3 Å². The number of ether oxygens (including phenoxy) is 1. The zero-order valence-electron chi connectivity index (χ0n) is 10.1. The van der Waals surface area contributed by atoms with Gasteiger partial charge in [-0.3, -0.25) is 9.69 Å². The topological polar surface area (TPSA) is 44.8 Å². The number of hydrogen-bond donors (Lipinski definition) is 1. The fraction of sp³-hybridized carbons (Fsp3) is 0.909. The van der Waals surface area contributed by atoms with Crippen molar-refractivity contribution in [2.45, 2.75) is 19.0 Å². The molecule has 0 saturated carbocycles. The van der Waals surface area contributed by atoms with Gasteiger partial charge in [-0.1, -0.05) is 0 Å². The van der Waals surface area contributed by atoms with Gasteiger partial charge < -0.3 is 15.0 Å². The highest BCUT2D eigenvalue weighted by Crippen LogP contribution is 2.10. The molecule has 1 amide bonds. The number of carbonyl (C=O) groups is 1. The van der Waals surface area contributed by atoms with Gasteiger partial charge in [0.05, 0.1) is 19.3 Å². The number of nitrogens with zero attached hydrogens (tertiary/aromatic N) is 2. The van der Waals surface area contributed by atoms with Gasteiger partial charge in [0, 0.05) is 32.2 Å². The summed E-state index contributed by atoms with van der Waals surface area (Å²) in [5, 5.41) is 3.23. The molecule has 1 atom stereocenters. The van der Waals surface area contributed by atoms with Gasteiger partial charge in [0.1, 0.15) is 0 Å². The van der Waals surface area contributed by atoms with Crippen molar-refractivity contribution < 1.29 is 9.53 Å². The molecule has 0 radical (unpaired) electrons. The van der Waals surface area contributed by atoms with Crippen LogP contribution in [0, 0.1) is 0 Å². The summed E-state index contributed by atoms with van der Waals surface area (Å²) in [6, 6.07) is 0.491. The number of nitrogens with one attached hydrogen (secondary N) is 1. The van der Waals surface area contributed by atoms with Crippen LogP contribution in [0.25, 0.3) is 0 Å². The Kier molecular flexibility index (Phi) is 3.78. The first-order valence-electron chi connectivity index (χ1n) is 5.99. The summed E-state index contributed by atoms with van der Waals surface area (Å²) in [6.45, 7) is 6.81. The predicted molar refractivity (Wildman–Crippen MR) is 61.3 cm³/mol. The first-order valence-corrected chi connectivity index (χ1v) is 5.99. The molecular weight excluding hydrogens is 206 g/mol. The summed E-state index contributed by atoms with van der Waals surface area (Å²) in [6.07, 6.45) is 0. The van der Waals surface area contributed by atoms with Crippen LogP contribution < -0.4 is 5.32 Å². The standard InChI is InChI=1S/C11H21N3O2/c1-9(13(2)10-7-12-8-10)11(15)14-3-5-16-6-4-14/h9-10,12H,3-8H2,1-2H3. The van der Waals surface area contributed by atoms with Crippen molar-refractivity contribution in [3.05, 3.63) is 0 Å². The largest absolute Gasteiger partial charge is 0.378 e. The molecule has 0 aromatic heterocycles. The molecule has 0 aliphatic carbocycles. The predicted octanol–water partition coefficient (Wildman–Crippen LogP) is -0.863. The molecule has 2 saturated heterocycles. The zero-order valence-corrected chi connectivity index (χ0v) is 10.1. The van der Waals surface area contributed by atoms with Crippen LogP contribution in [0.3, 0.4) is 0 Å². The van der Waals surface area contributed by atoms with E-state index >= 15 is 0 Å². The quantitative estimate of drug-likeness (QED) is 0.681. The Hall–Kier alpha value is -0.650. The zero-order chi connectivity index (χ0) is 11.5. The summed E-state index contributed by atoms with van der Waals surface area (Å²) < 4.78 is 5.25. The molecule has 0 aromatic rings. The number of likely N-dealkylation sites (N-methyl/N-ethyl adjacent to an activating group) is 1. The van der Waals surface area contributed by atoms with Crippen LogP contribution in [0.15, 0.2) is 0 Å². The SMILES string of the molecule is CC(C(=O)N1CCOCC1)N(C)C1CNC1. The van der Waals surface area contributed by atoms with Crippen molar-refractivity contribution in [3.8, 4) is 0 Å². The molecule has 1 unspecified atom stereocenters. The van der Waals surface area contributed by atoms with E-state index in [1.54, 1.807) is 0 Å². The Balaban J connectivity index is 1.86. The van der Waals surface area contributed by atoms with Crippen molar-refractivity contribution in [2.75, 3.05) is 46.4 Å². The molecule has 1 N–H and O–H groups in total. The molecule has 2 rings (SSSR count). The van der Waals surface area contributed by atoms with E-state index in [-0.39, 0.29) is 11.9 Å². The number of amides is 1. The molecule has 5 nitrogen and oxygen atoms in total. The van der Waals surface area contributed by atoms with Gasteiger partial charge in [-0.05, 0) is 14.0 Å². The minimum Gasteiger partial charge on any atom is -0.378 e. The molecule has 0 spiro atoms. The van der Waals surface area contributed by atoms with Gasteiger partial charge in [0.15, 0.2) is 0 Å². The number of rotatable bonds is 3. The second-order valence-corrected chi connectivity index (χ2v) is 4.59. The smallest absolute Gasteiger partial charge is 0.239 e. The Morgan fingerprint density at radius 3 is 2.56 bits per heavy atom. The molecule has 16 heavy (non-hydrogen) atoms. The molecule has 92 valence electrons. The first-order chi connectivity index (χ1) is 7.70. The van der Waals surface area contributed by atoms with Gasteiger partial charge in [-0.25, -0.2) is 0 Å². The third-order valence-corrected chi connectivity index (χ3v) is 3.63. The fourth-order valence-corrected chi connectivity index (χ4v) is 2.10. The first kappa shape index (κ1) is 11.8. The van der Waals surface area contributed by atoms with Crippen LogP contribution in [-0.2, 0) is 9.53 Å². The lowest BCUT2D eigenvalue weighted by molar-refractivity contribution is -0.141. The van der Waals surface area contributed by atoms with Gasteiger partial charge >= 0.3 is 0 Å². The normalized spacial score (nSPS) is 24.3. The maximum absolute atomic E-state index is 12.2. The van der Waals surface area contributed by atoms with Crippen LogP contribution in [0.5, 0.6) is 0 Å². The molecule has 2 aliphatic heterocycles. The molecule has 2 heterocycles. The summed E-state index contributed by atoms with van der Waals surface area (Å²) in [5.41, 5.74) is 0. The van der Waals surface area contributed by atoms with Gasteiger partial charge in [0.2, 0.25) is 5.91 Å². The minimum absolute atomic E-state index is 0.0230. The monoisotopic (exact) mass is 227 g/mol. The van der Waals surface area contributed by atoms with Crippen molar-refractivity contribution >= 4 is 5.91 Å². The minimum atomic E-state index is -0.0230. The van der Waals surface area contributed by atoms with Crippen LogP contribution in [0.1, 0.15) is 6.92 Å². The van der Waals surface area contributed by atoms with Crippen LogP contribution in [-0.4, -0.2) is 74.2 Å². The molecule has 0 bridgehead atoms. The highest BCUT2D eigenvalue weighted by atomic mass is 16.5. The molecule has 2 fully saturated rings. The Bertz CT molecular complexity index is 250. The van der Waals surface area contributed by atoms with E-state index in [4.69, 9.17) is 4.74 Å². The third kappa shape index (κ3) is 2.36. The molecule has 2 aliphatic rings. The van der Waals surface area contributed by atoms with Crippen LogP contribution in [0.4, 0.5) is 0 Å². The van der Waals surface area contributed by atoms with Crippen molar-refractivity contribution in [2.24, 2.45) is 0 Å². The van der Waals surface area contributed by atoms with E-state index in [1.807, 2.05) is 18.9 Å². The van der Waals surface area contributed by atoms with E-state index in [1.165, 1.54) is 0 Å². The summed E-state index contributed by atoms with van der Waals surface area (Å²) >= 11 is 0. The van der Waals surface area contributed by atoms with Crippen molar-refractivity contribution in [3.63, 3.8) is 0 Å². The second-order valence-electron chi connectivity index (χ2n) is 4.59. The molecule has 0 aromatic carbocycles. The lowest BCUT2D eigenvalue weighted by Gasteiger charge is -2.40. The lowest BCUT2D eigenvalue weighted by atomic mass is 10.1. The van der Waals surface area contributed by atoms with Crippen molar-refractivity contribution in [1.82, 2.24) is 15.1 Å². The van der Waals surface area contributed by atoms with Crippen LogP contribution in [0.2, 0.25) is 0 Å². The highest BCUT2D eigenvalue weighted by Gasteiger charge is 2.31. The van der Waals surface area contributed by atoms with E-state index < -0.39 is 0 Å². The summed E-state index contributed by atoms with van der Waals surface area (Å²) in [4.78, 5) is 16.3. The Morgan fingerprint density at radius 1 is 1.44 bits per heavy atom. The van der Waals surface area contributed by atoms with E-state index in [9.17, 15) is 4.79 Å². The van der Waals surface area contributed by atoms with Crippen LogP contribution >= 0.6 is 0 Å². The highest BCUT2D eigenvalue weighted by molar-refractivity contribution is 5.81. The summed E-state index contributed by atoms with van der Waals surface area (Å²) in [7, 11) is 2.04. The molecule has 5 heteroatoms. The maximum Gasteiger partial charge on any atom is 0.239 e. The third-order valence-electron chi connectivity index (χ3n) is 3.63. The number of carbonyl (C=O) groups excluding carboxylic acids is 1. The number of hydrogen-bond acceptors (Lipinski definition) is 4. The van der Waals surface area contributed by atoms with E-state index in [0.717, 1.165) is 26.2 Å². The average molecular weight is 227 g/mol. The lowest BCUT2D eigenvalue weighted by Crippen LogP contribution is -2.61. The number of morpholine rings is 1. The molecular formula is C11H21N3O2. The Morgan fingerprint density at radius 2 is 2.06 bits per heavy atom.